The van der Waals surface area contributed by atoms with Crippen LogP contribution in [0.4, 0.5) is 0 Å². The molecule has 0 spiro atoms. The third kappa shape index (κ3) is 1.85. The van der Waals surface area contributed by atoms with Crippen molar-refractivity contribution >= 4 is 11.6 Å². The number of nitrogens with two attached hydrogens (primary N) is 1. The van der Waals surface area contributed by atoms with Crippen molar-refractivity contribution in [2.45, 2.75) is 25.3 Å². The fourth-order valence-electron chi connectivity index (χ4n) is 1.98. The second kappa shape index (κ2) is 3.59. The summed E-state index contributed by atoms with van der Waals surface area (Å²) in [6, 6.07) is 7.72. The van der Waals surface area contributed by atoms with Crippen molar-refractivity contribution in [3.05, 3.63) is 40.8 Å². The van der Waals surface area contributed by atoms with Crippen LogP contribution in [-0.2, 0) is 5.54 Å². The Hall–Kier alpha value is -1.32. The Balaban J connectivity index is 2.06. The van der Waals surface area contributed by atoms with Gasteiger partial charge in [0.1, 0.15) is 5.82 Å². The molecule has 1 aliphatic rings. The number of H-pyrrole nitrogens is 1. The Morgan fingerprint density at radius 1 is 1.41 bits per heavy atom. The first-order chi connectivity index (χ1) is 8.08. The molecule has 1 heterocycles. The van der Waals surface area contributed by atoms with Crippen LogP contribution in [0.15, 0.2) is 24.3 Å². The Morgan fingerprint density at radius 2 is 2.18 bits per heavy atom. The van der Waals surface area contributed by atoms with E-state index in [1.54, 1.807) is 0 Å². The van der Waals surface area contributed by atoms with E-state index >= 15 is 0 Å². The number of benzene rings is 1. The zero-order chi connectivity index (χ0) is 12.0. The summed E-state index contributed by atoms with van der Waals surface area (Å²) < 4.78 is 0. The van der Waals surface area contributed by atoms with E-state index in [9.17, 15) is 0 Å². The van der Waals surface area contributed by atoms with Crippen LogP contribution in [0.25, 0.3) is 11.3 Å². The largest absolute Gasteiger partial charge is 0.344 e. The molecule has 3 nitrogen and oxygen atoms in total. The highest BCUT2D eigenvalue weighted by Crippen LogP contribution is 2.42. The topological polar surface area (TPSA) is 54.7 Å². The number of aromatic nitrogens is 2. The van der Waals surface area contributed by atoms with Gasteiger partial charge in [0.15, 0.2) is 0 Å². The predicted molar refractivity (Wildman–Crippen MR) is 68.9 cm³/mol. The number of hydrogen-bond acceptors (Lipinski definition) is 2. The predicted octanol–water partition coefficient (Wildman–Crippen LogP) is 2.99. The van der Waals surface area contributed by atoms with Crippen LogP contribution in [0.3, 0.4) is 0 Å². The Bertz CT molecular complexity index is 570. The second-order valence-corrected chi connectivity index (χ2v) is 5.16. The molecule has 0 radical (unpaired) electrons. The standard InChI is InChI=1S/C13H14ClN3/c1-8-11(9-3-2-4-10(14)7-9)17-12(16-8)13(15)5-6-13/h2-4,7H,5-6,15H2,1H3,(H,16,17). The van der Waals surface area contributed by atoms with E-state index in [4.69, 9.17) is 17.3 Å². The lowest BCUT2D eigenvalue weighted by atomic mass is 10.1. The molecule has 4 heteroatoms. The smallest absolute Gasteiger partial charge is 0.127 e. The average Bonchev–Trinajstić information content (AvgIpc) is 2.90. The quantitative estimate of drug-likeness (QED) is 0.857. The van der Waals surface area contributed by atoms with E-state index < -0.39 is 0 Å². The number of imidazole rings is 1. The summed E-state index contributed by atoms with van der Waals surface area (Å²) in [6.07, 6.45) is 2.02. The number of nitrogens with zero attached hydrogens (tertiary/aromatic N) is 1. The molecule has 0 bridgehead atoms. The zero-order valence-electron chi connectivity index (χ0n) is 9.63. The molecular formula is C13H14ClN3. The normalized spacial score (nSPS) is 17.1. The molecule has 0 saturated heterocycles. The van der Waals surface area contributed by atoms with Gasteiger partial charge in [-0.05, 0) is 31.9 Å². The van der Waals surface area contributed by atoms with Crippen molar-refractivity contribution in [1.82, 2.24) is 9.97 Å². The molecule has 1 aromatic heterocycles. The van der Waals surface area contributed by atoms with Crippen LogP contribution in [0, 0.1) is 6.92 Å². The van der Waals surface area contributed by atoms with E-state index in [0.717, 1.165) is 40.6 Å². The van der Waals surface area contributed by atoms with E-state index in [2.05, 4.69) is 9.97 Å². The molecule has 0 aliphatic heterocycles. The van der Waals surface area contributed by atoms with Crippen molar-refractivity contribution in [2.24, 2.45) is 5.73 Å². The second-order valence-electron chi connectivity index (χ2n) is 4.73. The summed E-state index contributed by atoms with van der Waals surface area (Å²) in [4.78, 5) is 7.90. The number of aryl methyl sites for hydroxylation is 1. The van der Waals surface area contributed by atoms with Gasteiger partial charge in [-0.3, -0.25) is 0 Å². The van der Waals surface area contributed by atoms with Gasteiger partial charge >= 0.3 is 0 Å². The van der Waals surface area contributed by atoms with Crippen LogP contribution in [0.2, 0.25) is 5.02 Å². The minimum Gasteiger partial charge on any atom is -0.344 e. The van der Waals surface area contributed by atoms with Gasteiger partial charge in [-0.25, -0.2) is 4.98 Å². The number of hydrogen-bond donors (Lipinski definition) is 2. The van der Waals surface area contributed by atoms with Crippen molar-refractivity contribution in [3.8, 4) is 11.3 Å². The first-order valence-electron chi connectivity index (χ1n) is 5.70. The average molecular weight is 248 g/mol. The summed E-state index contributed by atoms with van der Waals surface area (Å²) in [6.45, 7) is 2.01. The highest BCUT2D eigenvalue weighted by molar-refractivity contribution is 6.30. The fraction of sp³-hybridized carbons (Fsp3) is 0.308. The van der Waals surface area contributed by atoms with Crippen molar-refractivity contribution in [3.63, 3.8) is 0 Å². The third-order valence-corrected chi connectivity index (χ3v) is 3.48. The fourth-order valence-corrected chi connectivity index (χ4v) is 2.17. The minimum absolute atomic E-state index is 0.221. The number of halogens is 1. The van der Waals surface area contributed by atoms with Crippen molar-refractivity contribution in [2.75, 3.05) is 0 Å². The highest BCUT2D eigenvalue weighted by Gasteiger charge is 2.43. The number of rotatable bonds is 2. The maximum absolute atomic E-state index is 6.14. The SMILES string of the molecule is Cc1[nH]c(C2(N)CC2)nc1-c1cccc(Cl)c1. The lowest BCUT2D eigenvalue weighted by molar-refractivity contribution is 0.684. The molecule has 0 amide bonds. The van der Waals surface area contributed by atoms with Gasteiger partial charge < -0.3 is 10.7 Å². The molecule has 1 saturated carbocycles. The van der Waals surface area contributed by atoms with Crippen molar-refractivity contribution < 1.29 is 0 Å². The van der Waals surface area contributed by atoms with Gasteiger partial charge in [-0.1, -0.05) is 23.7 Å². The molecule has 2 aromatic rings. The first-order valence-corrected chi connectivity index (χ1v) is 6.08. The van der Waals surface area contributed by atoms with Gasteiger partial charge in [0.05, 0.1) is 11.2 Å². The maximum atomic E-state index is 6.14. The highest BCUT2D eigenvalue weighted by atomic mass is 35.5. The lowest BCUT2D eigenvalue weighted by Crippen LogP contribution is -2.20. The van der Waals surface area contributed by atoms with E-state index in [1.165, 1.54) is 0 Å². The summed E-state index contributed by atoms with van der Waals surface area (Å²) >= 11 is 5.99. The third-order valence-electron chi connectivity index (χ3n) is 3.24. The Morgan fingerprint density at radius 3 is 2.82 bits per heavy atom. The molecule has 0 atom stereocenters. The van der Waals surface area contributed by atoms with E-state index in [-0.39, 0.29) is 5.54 Å². The first kappa shape index (κ1) is 10.8. The molecule has 3 rings (SSSR count). The molecule has 88 valence electrons. The van der Waals surface area contributed by atoms with Crippen molar-refractivity contribution in [1.29, 1.82) is 0 Å². The molecule has 1 aromatic carbocycles. The monoisotopic (exact) mass is 247 g/mol. The van der Waals surface area contributed by atoms with E-state index in [0.29, 0.717) is 0 Å². The lowest BCUT2D eigenvalue weighted by Gasteiger charge is -2.02. The molecule has 1 aliphatic carbocycles. The Labute approximate surface area is 105 Å². The molecular weight excluding hydrogens is 234 g/mol. The molecule has 3 N–H and O–H groups in total. The summed E-state index contributed by atoms with van der Waals surface area (Å²) in [7, 11) is 0. The van der Waals surface area contributed by atoms with Crippen LogP contribution < -0.4 is 5.73 Å². The van der Waals surface area contributed by atoms with Crippen LogP contribution >= 0.6 is 11.6 Å². The van der Waals surface area contributed by atoms with Crippen LogP contribution in [-0.4, -0.2) is 9.97 Å². The van der Waals surface area contributed by atoms with Gasteiger partial charge in [0, 0.05) is 16.3 Å². The zero-order valence-corrected chi connectivity index (χ0v) is 10.4. The van der Waals surface area contributed by atoms with Gasteiger partial charge in [-0.2, -0.15) is 0 Å². The summed E-state index contributed by atoms with van der Waals surface area (Å²) in [5, 5.41) is 0.723. The number of aromatic amines is 1. The van der Waals surface area contributed by atoms with Gasteiger partial charge in [0.25, 0.3) is 0 Å². The number of nitrogens with one attached hydrogen (secondary N) is 1. The van der Waals surface area contributed by atoms with E-state index in [1.807, 2.05) is 31.2 Å². The molecule has 17 heavy (non-hydrogen) atoms. The van der Waals surface area contributed by atoms with Gasteiger partial charge in [-0.15, -0.1) is 0 Å². The minimum atomic E-state index is -0.221. The molecule has 1 fully saturated rings. The Kier molecular flexibility index (Phi) is 2.28. The van der Waals surface area contributed by atoms with Crippen LogP contribution in [0.1, 0.15) is 24.4 Å². The van der Waals surface area contributed by atoms with Crippen LogP contribution in [0.5, 0.6) is 0 Å². The maximum Gasteiger partial charge on any atom is 0.127 e. The molecule has 0 unspecified atom stereocenters. The van der Waals surface area contributed by atoms with Gasteiger partial charge in [0.2, 0.25) is 0 Å². The summed E-state index contributed by atoms with van der Waals surface area (Å²) in [5.41, 5.74) is 8.93. The summed E-state index contributed by atoms with van der Waals surface area (Å²) in [5.74, 6) is 0.893.